The summed E-state index contributed by atoms with van der Waals surface area (Å²) in [6.07, 6.45) is -3.45. The summed E-state index contributed by atoms with van der Waals surface area (Å²) in [4.78, 5) is 16.2. The second-order valence-corrected chi connectivity index (χ2v) is 6.75. The number of amides is 1. The van der Waals surface area contributed by atoms with E-state index in [0.29, 0.717) is 12.1 Å². The Morgan fingerprint density at radius 3 is 2.05 bits per heavy atom. The minimum atomic E-state index is -4.63. The molecular weight excluding hydrogens is 297 g/mol. The van der Waals surface area contributed by atoms with Crippen LogP contribution in [-0.4, -0.2) is 63.8 Å². The highest BCUT2D eigenvalue weighted by Crippen LogP contribution is 2.38. The lowest BCUT2D eigenvalue weighted by molar-refractivity contribution is -0.272. The molecule has 0 aromatic carbocycles. The van der Waals surface area contributed by atoms with Crippen LogP contribution in [0.1, 0.15) is 46.5 Å². The smallest absolute Gasteiger partial charge is 0.380 e. The highest BCUT2D eigenvalue weighted by atomic mass is 19.4. The van der Waals surface area contributed by atoms with Crippen LogP contribution in [0.2, 0.25) is 0 Å². The van der Waals surface area contributed by atoms with Crippen LogP contribution >= 0.6 is 0 Å². The lowest BCUT2D eigenvalue weighted by Gasteiger charge is -2.41. The minimum absolute atomic E-state index is 0.0458. The van der Waals surface area contributed by atoms with Gasteiger partial charge in [0, 0.05) is 38.0 Å². The number of hydrogen-bond acceptors (Lipinski definition) is 3. The quantitative estimate of drug-likeness (QED) is 0.847. The van der Waals surface area contributed by atoms with Gasteiger partial charge < -0.3 is 10.0 Å². The summed E-state index contributed by atoms with van der Waals surface area (Å²) in [5.41, 5.74) is -2.65. The van der Waals surface area contributed by atoms with Crippen LogP contribution in [-0.2, 0) is 4.79 Å². The van der Waals surface area contributed by atoms with Crippen molar-refractivity contribution in [2.75, 3.05) is 13.1 Å². The Morgan fingerprint density at radius 1 is 1.18 bits per heavy atom. The zero-order valence-electron chi connectivity index (χ0n) is 13.4. The number of piperidine rings is 1. The first-order valence-electron chi connectivity index (χ1n) is 7.92. The average molecular weight is 322 g/mol. The number of rotatable bonds is 2. The molecule has 2 heterocycles. The first-order chi connectivity index (χ1) is 10.1. The van der Waals surface area contributed by atoms with Gasteiger partial charge in [-0.2, -0.15) is 13.2 Å². The van der Waals surface area contributed by atoms with Crippen LogP contribution in [0.4, 0.5) is 13.2 Å². The number of halogens is 3. The molecule has 1 N–H and O–H groups in total. The van der Waals surface area contributed by atoms with E-state index in [-0.39, 0.29) is 25.0 Å². The van der Waals surface area contributed by atoms with Gasteiger partial charge in [-0.1, -0.05) is 0 Å². The van der Waals surface area contributed by atoms with Crippen LogP contribution in [0.25, 0.3) is 0 Å². The van der Waals surface area contributed by atoms with E-state index in [9.17, 15) is 23.1 Å². The zero-order valence-corrected chi connectivity index (χ0v) is 13.4. The highest BCUT2D eigenvalue weighted by molar-refractivity contribution is 5.81. The van der Waals surface area contributed by atoms with Crippen LogP contribution in [0.5, 0.6) is 0 Å². The van der Waals surface area contributed by atoms with Crippen molar-refractivity contribution in [3.05, 3.63) is 0 Å². The second kappa shape index (κ2) is 6.00. The Balaban J connectivity index is 1.98. The lowest BCUT2D eigenvalue weighted by Crippen LogP contribution is -2.57. The summed E-state index contributed by atoms with van der Waals surface area (Å²) < 4.78 is 38.4. The van der Waals surface area contributed by atoms with Crippen molar-refractivity contribution in [2.45, 2.75) is 76.4 Å². The fourth-order valence-corrected chi connectivity index (χ4v) is 3.75. The second-order valence-electron chi connectivity index (χ2n) is 6.75. The van der Waals surface area contributed by atoms with Gasteiger partial charge in [-0.15, -0.1) is 0 Å². The predicted octanol–water partition coefficient (Wildman–Crippen LogP) is 2.16. The van der Waals surface area contributed by atoms with Crippen molar-refractivity contribution < 1.29 is 23.1 Å². The van der Waals surface area contributed by atoms with Gasteiger partial charge in [-0.25, -0.2) is 0 Å². The maximum Gasteiger partial charge on any atom is 0.417 e. The number of carbonyl (C=O) groups is 1. The molecule has 0 bridgehead atoms. The summed E-state index contributed by atoms with van der Waals surface area (Å²) in [6.45, 7) is 5.88. The molecule has 7 heteroatoms. The topological polar surface area (TPSA) is 43.8 Å². The summed E-state index contributed by atoms with van der Waals surface area (Å²) >= 11 is 0. The Bertz CT molecular complexity index is 410. The molecule has 2 aliphatic rings. The Labute approximate surface area is 129 Å². The summed E-state index contributed by atoms with van der Waals surface area (Å²) in [5.74, 6) is -0.134. The molecule has 3 atom stereocenters. The molecule has 22 heavy (non-hydrogen) atoms. The van der Waals surface area contributed by atoms with Crippen LogP contribution < -0.4 is 0 Å². The number of carbonyl (C=O) groups excluding carboxylic acids is 1. The molecule has 0 spiro atoms. The molecule has 4 nitrogen and oxygen atoms in total. The van der Waals surface area contributed by atoms with Gasteiger partial charge in [-0.3, -0.25) is 9.69 Å². The largest absolute Gasteiger partial charge is 0.417 e. The van der Waals surface area contributed by atoms with Gasteiger partial charge in [0.25, 0.3) is 0 Å². The third kappa shape index (κ3) is 3.11. The summed E-state index contributed by atoms with van der Waals surface area (Å²) in [7, 11) is 0. The van der Waals surface area contributed by atoms with Gasteiger partial charge in [0.05, 0.1) is 6.04 Å². The average Bonchev–Trinajstić information content (AvgIpc) is 2.76. The van der Waals surface area contributed by atoms with Gasteiger partial charge in [0.1, 0.15) is 0 Å². The molecule has 2 aliphatic heterocycles. The van der Waals surface area contributed by atoms with Crippen molar-refractivity contribution >= 4 is 5.91 Å². The van der Waals surface area contributed by atoms with Crippen molar-refractivity contribution in [3.8, 4) is 0 Å². The van der Waals surface area contributed by atoms with E-state index in [1.165, 1.54) is 4.90 Å². The fourth-order valence-electron chi connectivity index (χ4n) is 3.75. The summed E-state index contributed by atoms with van der Waals surface area (Å²) in [6, 6.07) is 0.293. The molecule has 2 rings (SSSR count). The Hall–Kier alpha value is -0.820. The van der Waals surface area contributed by atoms with Crippen LogP contribution in [0.15, 0.2) is 0 Å². The zero-order chi connectivity index (χ0) is 16.7. The normalized spacial score (nSPS) is 31.3. The number of aliphatic hydroxyl groups is 1. The first kappa shape index (κ1) is 17.5. The molecule has 2 fully saturated rings. The molecule has 0 saturated carbocycles. The van der Waals surface area contributed by atoms with Crippen LogP contribution in [0, 0.1) is 0 Å². The van der Waals surface area contributed by atoms with Gasteiger partial charge in [0.2, 0.25) is 5.91 Å². The maximum absolute atomic E-state index is 12.8. The van der Waals surface area contributed by atoms with Crippen molar-refractivity contribution in [1.29, 1.82) is 0 Å². The van der Waals surface area contributed by atoms with Gasteiger partial charge in [-0.05, 0) is 33.6 Å². The number of hydrogen-bond donors (Lipinski definition) is 1. The van der Waals surface area contributed by atoms with Gasteiger partial charge in [0.15, 0.2) is 5.60 Å². The maximum atomic E-state index is 12.8. The van der Waals surface area contributed by atoms with E-state index < -0.39 is 24.6 Å². The first-order valence-corrected chi connectivity index (χ1v) is 7.92. The molecule has 0 radical (unpaired) electrons. The van der Waals surface area contributed by atoms with Crippen molar-refractivity contribution in [2.24, 2.45) is 0 Å². The molecular formula is C15H25F3N2O2. The minimum Gasteiger partial charge on any atom is -0.380 e. The van der Waals surface area contributed by atoms with Crippen LogP contribution in [0.3, 0.4) is 0 Å². The molecule has 128 valence electrons. The van der Waals surface area contributed by atoms with E-state index >= 15 is 0 Å². The van der Waals surface area contributed by atoms with E-state index in [1.54, 1.807) is 0 Å². The monoisotopic (exact) mass is 322 g/mol. The third-order valence-electron chi connectivity index (χ3n) is 5.25. The van der Waals surface area contributed by atoms with Crippen molar-refractivity contribution in [1.82, 2.24) is 9.80 Å². The van der Waals surface area contributed by atoms with E-state index in [2.05, 4.69) is 18.7 Å². The Morgan fingerprint density at radius 2 is 1.64 bits per heavy atom. The predicted molar refractivity (Wildman–Crippen MR) is 76.3 cm³/mol. The SMILES string of the molecule is CC1CCC(C)N1C(C)C(=O)N1CCC(O)(C(F)(F)F)CC1. The molecule has 0 aromatic rings. The molecule has 0 aromatic heterocycles. The fraction of sp³-hybridized carbons (Fsp3) is 0.933. The van der Waals surface area contributed by atoms with E-state index in [1.807, 2.05) is 6.92 Å². The third-order valence-corrected chi connectivity index (χ3v) is 5.25. The van der Waals surface area contributed by atoms with E-state index in [0.717, 1.165) is 12.8 Å². The number of likely N-dealkylation sites (tertiary alicyclic amines) is 2. The summed E-state index contributed by atoms with van der Waals surface area (Å²) in [5, 5.41) is 9.67. The molecule has 1 amide bonds. The number of alkyl halides is 3. The molecule has 0 aliphatic carbocycles. The molecule has 2 saturated heterocycles. The lowest BCUT2D eigenvalue weighted by atomic mass is 9.90. The number of nitrogens with zero attached hydrogens (tertiary/aromatic N) is 2. The molecule has 3 unspecified atom stereocenters. The van der Waals surface area contributed by atoms with Crippen molar-refractivity contribution in [3.63, 3.8) is 0 Å². The van der Waals surface area contributed by atoms with E-state index in [4.69, 9.17) is 0 Å². The van der Waals surface area contributed by atoms with Gasteiger partial charge >= 0.3 is 6.18 Å². The highest BCUT2D eigenvalue weighted by Gasteiger charge is 2.55. The standard InChI is InChI=1S/C15H25F3N2O2/c1-10-4-5-11(2)20(10)12(3)13(21)19-8-6-14(22,7-9-19)15(16,17)18/h10-12,22H,4-9H2,1-3H3. The Kier molecular flexibility index (Phi) is 4.78.